The van der Waals surface area contributed by atoms with Crippen LogP contribution in [-0.2, 0) is 0 Å². The number of H-pyrrole nitrogens is 1. The number of nitrogens with zero attached hydrogens (tertiary/aromatic N) is 3. The number of hydrogen-bond donors (Lipinski definition) is 6. The van der Waals surface area contributed by atoms with Gasteiger partial charge in [-0.05, 0) is 48.0 Å². The molecule has 0 saturated heterocycles. The molecule has 4 aromatic rings. The standard InChI is InChI=1S/C23H22N8O3/c1-34-23-15(3-2-9-27-23)13-5-7-19(32)16(11-13)21-28-17-6-4-14(12-18(17)29-21)22(33)26-10-8-20(24)30-31-25/h2-7,9,11-12,32H,8,10H2,1H3,(H,26,33)(H,28,29)(H3,24,25,30). The smallest absolute Gasteiger partial charge is 0.251 e. The van der Waals surface area contributed by atoms with Gasteiger partial charge >= 0.3 is 0 Å². The third-order valence-corrected chi connectivity index (χ3v) is 5.12. The maximum absolute atomic E-state index is 12.5. The lowest BCUT2D eigenvalue weighted by atomic mass is 10.0. The van der Waals surface area contributed by atoms with Crippen molar-refractivity contribution in [3.8, 4) is 34.1 Å². The molecule has 0 aliphatic rings. The fourth-order valence-electron chi connectivity index (χ4n) is 3.47. The summed E-state index contributed by atoms with van der Waals surface area (Å²) in [6, 6.07) is 13.9. The number of aromatic hydroxyl groups is 1. The van der Waals surface area contributed by atoms with E-state index in [1.807, 2.05) is 12.1 Å². The number of methoxy groups -OCH3 is 1. The molecule has 0 atom stereocenters. The van der Waals surface area contributed by atoms with E-state index in [1.165, 1.54) is 0 Å². The summed E-state index contributed by atoms with van der Waals surface area (Å²) < 4.78 is 5.35. The number of amides is 1. The third-order valence-electron chi connectivity index (χ3n) is 5.12. The number of pyridine rings is 1. The number of ether oxygens (including phenoxy) is 1. The fraction of sp³-hybridized carbons (Fsp3) is 0.130. The number of benzene rings is 2. The average Bonchev–Trinajstić information content (AvgIpc) is 3.27. The highest BCUT2D eigenvalue weighted by Gasteiger charge is 2.15. The average molecular weight is 458 g/mol. The molecule has 0 aliphatic heterocycles. The van der Waals surface area contributed by atoms with Crippen molar-refractivity contribution in [2.45, 2.75) is 6.42 Å². The maximum atomic E-state index is 12.5. The molecule has 34 heavy (non-hydrogen) atoms. The first-order chi connectivity index (χ1) is 16.5. The topological polar surface area (TPSA) is 172 Å². The van der Waals surface area contributed by atoms with E-state index in [0.717, 1.165) is 11.1 Å². The Balaban J connectivity index is 1.59. The van der Waals surface area contributed by atoms with Gasteiger partial charge in [-0.1, -0.05) is 11.3 Å². The molecule has 0 radical (unpaired) electrons. The maximum Gasteiger partial charge on any atom is 0.251 e. The van der Waals surface area contributed by atoms with Gasteiger partial charge in [0.2, 0.25) is 5.88 Å². The van der Waals surface area contributed by atoms with Crippen LogP contribution in [0.25, 0.3) is 33.5 Å². The van der Waals surface area contributed by atoms with Crippen LogP contribution in [0.2, 0.25) is 0 Å². The van der Waals surface area contributed by atoms with Gasteiger partial charge in [-0.2, -0.15) is 5.53 Å². The summed E-state index contributed by atoms with van der Waals surface area (Å²) in [7, 11) is 1.55. The van der Waals surface area contributed by atoms with Gasteiger partial charge in [-0.25, -0.2) is 15.4 Å². The van der Waals surface area contributed by atoms with Crippen molar-refractivity contribution in [3.05, 3.63) is 60.3 Å². The number of hydrogen-bond acceptors (Lipinski definition) is 8. The van der Waals surface area contributed by atoms with E-state index < -0.39 is 0 Å². The summed E-state index contributed by atoms with van der Waals surface area (Å²) in [4.78, 5) is 24.4. The van der Waals surface area contributed by atoms with Gasteiger partial charge < -0.3 is 20.1 Å². The van der Waals surface area contributed by atoms with Crippen molar-refractivity contribution in [2.24, 2.45) is 5.22 Å². The van der Waals surface area contributed by atoms with Crippen LogP contribution in [0.3, 0.4) is 0 Å². The predicted molar refractivity (Wildman–Crippen MR) is 126 cm³/mol. The zero-order chi connectivity index (χ0) is 24.1. The van der Waals surface area contributed by atoms with Crippen LogP contribution in [0, 0.1) is 10.9 Å². The van der Waals surface area contributed by atoms with Gasteiger partial charge in [0.1, 0.15) is 17.4 Å². The number of phenolic OH excluding ortho intramolecular Hbond substituents is 1. The van der Waals surface area contributed by atoms with Gasteiger partial charge in [-0.15, -0.1) is 0 Å². The summed E-state index contributed by atoms with van der Waals surface area (Å²) >= 11 is 0. The Morgan fingerprint density at radius 1 is 1.21 bits per heavy atom. The lowest BCUT2D eigenvalue weighted by Crippen LogP contribution is -2.28. The lowest BCUT2D eigenvalue weighted by molar-refractivity contribution is 0.0955. The van der Waals surface area contributed by atoms with Crippen LogP contribution < -0.4 is 15.5 Å². The van der Waals surface area contributed by atoms with Gasteiger partial charge in [0, 0.05) is 30.3 Å². The van der Waals surface area contributed by atoms with Crippen molar-refractivity contribution in [1.29, 1.82) is 10.9 Å². The number of aromatic nitrogens is 3. The van der Waals surface area contributed by atoms with Crippen molar-refractivity contribution >= 4 is 22.8 Å². The van der Waals surface area contributed by atoms with E-state index in [-0.39, 0.29) is 30.5 Å². The number of carbonyl (C=O) groups excluding carboxylic acids is 1. The molecule has 4 rings (SSSR count). The second kappa shape index (κ2) is 9.77. The molecule has 2 aromatic heterocycles. The first kappa shape index (κ1) is 22.4. The lowest BCUT2D eigenvalue weighted by Gasteiger charge is -2.09. The highest BCUT2D eigenvalue weighted by molar-refractivity contribution is 5.98. The number of aromatic amines is 1. The molecule has 0 spiro atoms. The Bertz CT molecular complexity index is 1380. The third kappa shape index (κ3) is 4.67. The summed E-state index contributed by atoms with van der Waals surface area (Å²) in [5.74, 6) is 0.705. The van der Waals surface area contributed by atoms with E-state index >= 15 is 0 Å². The SMILES string of the molecule is COc1ncccc1-c1ccc(O)c(-c2nc3cc(C(=O)NCCC(=N)NN=N)ccc3[nH]2)c1. The van der Waals surface area contributed by atoms with Gasteiger partial charge in [0.15, 0.2) is 0 Å². The van der Waals surface area contributed by atoms with Crippen LogP contribution in [-0.4, -0.2) is 45.5 Å². The summed E-state index contributed by atoms with van der Waals surface area (Å²) in [5, 5.41) is 23.6. The molecule has 2 aromatic carbocycles. The number of imidazole rings is 1. The molecule has 0 fully saturated rings. The molecule has 0 aliphatic carbocycles. The Morgan fingerprint density at radius 3 is 2.85 bits per heavy atom. The summed E-state index contributed by atoms with van der Waals surface area (Å²) in [6.07, 6.45) is 1.87. The van der Waals surface area contributed by atoms with Gasteiger partial charge in [0.05, 0.1) is 23.7 Å². The van der Waals surface area contributed by atoms with Gasteiger partial charge in [-0.3, -0.25) is 10.2 Å². The van der Waals surface area contributed by atoms with Gasteiger partial charge in [0.25, 0.3) is 5.91 Å². The molecular formula is C23H22N8O3. The quantitative estimate of drug-likeness (QED) is 0.102. The predicted octanol–water partition coefficient (Wildman–Crippen LogP) is 3.64. The molecule has 11 nitrogen and oxygen atoms in total. The minimum atomic E-state index is -0.310. The van der Waals surface area contributed by atoms with E-state index in [1.54, 1.807) is 49.7 Å². The zero-order valence-corrected chi connectivity index (χ0v) is 18.2. The molecule has 0 bridgehead atoms. The summed E-state index contributed by atoms with van der Waals surface area (Å²) in [6.45, 7) is 0.225. The number of carbonyl (C=O) groups is 1. The highest BCUT2D eigenvalue weighted by Crippen LogP contribution is 2.35. The molecule has 172 valence electrons. The molecule has 1 amide bonds. The number of phenols is 1. The largest absolute Gasteiger partial charge is 0.507 e. The van der Waals surface area contributed by atoms with Crippen LogP contribution in [0.5, 0.6) is 11.6 Å². The number of rotatable bonds is 8. The zero-order valence-electron chi connectivity index (χ0n) is 18.2. The number of amidine groups is 1. The Morgan fingerprint density at radius 2 is 2.06 bits per heavy atom. The molecule has 11 heteroatoms. The van der Waals surface area contributed by atoms with Crippen LogP contribution in [0.4, 0.5) is 0 Å². The Kier molecular flexibility index (Phi) is 6.44. The molecular weight excluding hydrogens is 436 g/mol. The fourth-order valence-corrected chi connectivity index (χ4v) is 3.47. The Labute approximate surface area is 194 Å². The van der Waals surface area contributed by atoms with Crippen LogP contribution >= 0.6 is 0 Å². The van der Waals surface area contributed by atoms with E-state index in [2.05, 4.69) is 30.9 Å². The van der Waals surface area contributed by atoms with Crippen molar-refractivity contribution in [2.75, 3.05) is 13.7 Å². The summed E-state index contributed by atoms with van der Waals surface area (Å²) in [5.41, 5.74) is 12.6. The van der Waals surface area contributed by atoms with Crippen LogP contribution in [0.1, 0.15) is 16.8 Å². The van der Waals surface area contributed by atoms with E-state index in [0.29, 0.717) is 33.9 Å². The second-order valence-electron chi connectivity index (χ2n) is 7.32. The normalized spacial score (nSPS) is 10.6. The van der Waals surface area contributed by atoms with Crippen LogP contribution in [0.15, 0.2) is 60.0 Å². The number of fused-ring (bicyclic) bond motifs is 1. The highest BCUT2D eigenvalue weighted by atomic mass is 16.5. The Hall–Kier alpha value is -4.80. The minimum absolute atomic E-state index is 0.0358. The van der Waals surface area contributed by atoms with Crippen molar-refractivity contribution in [3.63, 3.8) is 0 Å². The molecule has 2 heterocycles. The number of nitrogens with one attached hydrogen (secondary N) is 5. The first-order valence-electron chi connectivity index (χ1n) is 10.3. The molecule has 6 N–H and O–H groups in total. The van der Waals surface area contributed by atoms with Crippen molar-refractivity contribution in [1.82, 2.24) is 25.7 Å². The van der Waals surface area contributed by atoms with E-state index in [4.69, 9.17) is 15.7 Å². The minimum Gasteiger partial charge on any atom is -0.507 e. The molecule has 0 saturated carbocycles. The monoisotopic (exact) mass is 458 g/mol. The second-order valence-corrected chi connectivity index (χ2v) is 7.32. The van der Waals surface area contributed by atoms with Crippen molar-refractivity contribution < 1.29 is 14.6 Å². The first-order valence-corrected chi connectivity index (χ1v) is 10.3. The molecule has 0 unspecified atom stereocenters. The van der Waals surface area contributed by atoms with E-state index in [9.17, 15) is 9.90 Å².